The van der Waals surface area contributed by atoms with Crippen LogP contribution in [0.5, 0.6) is 0 Å². The van der Waals surface area contributed by atoms with Crippen molar-refractivity contribution in [1.29, 1.82) is 0 Å². The summed E-state index contributed by atoms with van der Waals surface area (Å²) in [6.45, 7) is 7.42. The van der Waals surface area contributed by atoms with E-state index in [4.69, 9.17) is 9.47 Å². The van der Waals surface area contributed by atoms with Crippen LogP contribution in [-0.2, 0) is 20.1 Å². The number of carbonyl (C=O) groups excluding carboxylic acids is 1. The first-order valence-electron chi connectivity index (χ1n) is 11.5. The number of rotatable bonds is 7. The average Bonchev–Trinajstić information content (AvgIpc) is 3.30. The molecule has 1 aromatic rings. The Morgan fingerprint density at radius 2 is 2.03 bits per heavy atom. The number of hydrogen-bond acceptors (Lipinski definition) is 6. The van der Waals surface area contributed by atoms with Crippen LogP contribution >= 0.6 is 10.8 Å². The highest BCUT2D eigenvalue weighted by atomic mass is 32.3. The van der Waals surface area contributed by atoms with Crippen LogP contribution in [0.3, 0.4) is 0 Å². The van der Waals surface area contributed by atoms with E-state index in [1.54, 1.807) is 17.0 Å². The first kappa shape index (κ1) is 25.3. The van der Waals surface area contributed by atoms with Gasteiger partial charge in [-0.1, -0.05) is 24.6 Å². The van der Waals surface area contributed by atoms with Crippen molar-refractivity contribution in [3.63, 3.8) is 0 Å². The van der Waals surface area contributed by atoms with Crippen LogP contribution in [-0.4, -0.2) is 57.6 Å². The smallest absolute Gasteiger partial charge is 0.293 e. The molecule has 3 aliphatic rings. The zero-order valence-corrected chi connectivity index (χ0v) is 20.3. The van der Waals surface area contributed by atoms with Crippen molar-refractivity contribution in [2.45, 2.75) is 62.2 Å². The summed E-state index contributed by atoms with van der Waals surface area (Å²) in [7, 11) is -3.69. The molecule has 1 atom stereocenters. The van der Waals surface area contributed by atoms with Gasteiger partial charge in [0.25, 0.3) is 17.6 Å². The monoisotopic (exact) mass is 498 g/mol. The second-order valence-corrected chi connectivity index (χ2v) is 10.9. The summed E-state index contributed by atoms with van der Waals surface area (Å²) >= 11 is 0. The van der Waals surface area contributed by atoms with Crippen LogP contribution < -0.4 is 4.90 Å². The number of ether oxygens (including phenoxy) is 2. The van der Waals surface area contributed by atoms with Gasteiger partial charge < -0.3 is 9.47 Å². The summed E-state index contributed by atoms with van der Waals surface area (Å²) < 4.78 is 62.3. The molecule has 2 fully saturated rings. The molecule has 188 valence electrons. The zero-order chi connectivity index (χ0) is 24.7. The minimum absolute atomic E-state index is 0.0581. The summed E-state index contributed by atoms with van der Waals surface area (Å²) in [5.74, 6) is -5.05. The summed E-state index contributed by atoms with van der Waals surface area (Å²) in [4.78, 5) is 15.5. The number of amides is 1. The van der Waals surface area contributed by atoms with Gasteiger partial charge in [0.2, 0.25) is 0 Å². The van der Waals surface area contributed by atoms with Gasteiger partial charge in [0.05, 0.1) is 36.4 Å². The molecule has 10 heteroatoms. The average molecular weight is 499 g/mol. The van der Waals surface area contributed by atoms with E-state index in [1.807, 2.05) is 19.9 Å². The van der Waals surface area contributed by atoms with Crippen molar-refractivity contribution >= 4 is 22.4 Å². The summed E-state index contributed by atoms with van der Waals surface area (Å²) in [5, 5.41) is 0. The lowest BCUT2D eigenvalue weighted by Gasteiger charge is -2.41. The van der Waals surface area contributed by atoms with E-state index in [9.17, 15) is 22.7 Å². The maximum atomic E-state index is 13.8. The van der Waals surface area contributed by atoms with Crippen molar-refractivity contribution in [3.05, 3.63) is 48.1 Å². The molecule has 4 rings (SSSR count). The van der Waals surface area contributed by atoms with Gasteiger partial charge in [0.15, 0.2) is 0 Å². The molecule has 1 spiro atoms. The molecule has 1 amide bonds. The van der Waals surface area contributed by atoms with Crippen LogP contribution in [0.1, 0.15) is 45.1 Å². The highest BCUT2D eigenvalue weighted by Crippen LogP contribution is 2.57. The number of fused-ring (bicyclic) bond motifs is 2. The number of hydrogen-bond donors (Lipinski definition) is 2. The van der Waals surface area contributed by atoms with E-state index in [0.717, 1.165) is 9.88 Å². The Labute approximate surface area is 200 Å². The Morgan fingerprint density at radius 3 is 2.62 bits per heavy atom. The van der Waals surface area contributed by atoms with Crippen LogP contribution in [0, 0.1) is 0 Å². The molecule has 3 heterocycles. The third-order valence-electron chi connectivity index (χ3n) is 6.62. The van der Waals surface area contributed by atoms with Gasteiger partial charge in [-0.3, -0.25) is 18.8 Å². The van der Waals surface area contributed by atoms with Crippen LogP contribution in [0.4, 0.5) is 14.5 Å². The number of alkyl halides is 2. The van der Waals surface area contributed by atoms with Crippen LogP contribution in [0.25, 0.3) is 0 Å². The first-order valence-corrected chi connectivity index (χ1v) is 13.0. The molecule has 2 saturated heterocycles. The van der Waals surface area contributed by atoms with Gasteiger partial charge in [-0.15, -0.1) is 17.4 Å². The zero-order valence-electron chi connectivity index (χ0n) is 19.5. The van der Waals surface area contributed by atoms with E-state index >= 15 is 0 Å². The highest BCUT2D eigenvalue weighted by Gasteiger charge is 2.57. The van der Waals surface area contributed by atoms with Gasteiger partial charge in [0, 0.05) is 18.5 Å². The molecular weight excluding hydrogens is 466 g/mol. The normalized spacial score (nSPS) is 23.9. The third-order valence-corrected chi connectivity index (χ3v) is 8.54. The van der Waals surface area contributed by atoms with Crippen molar-refractivity contribution < 1.29 is 32.2 Å². The molecule has 3 aliphatic heterocycles. The lowest BCUT2D eigenvalue weighted by molar-refractivity contribution is -0.257. The molecule has 34 heavy (non-hydrogen) atoms. The Balaban J connectivity index is 1.79. The van der Waals surface area contributed by atoms with E-state index in [0.29, 0.717) is 43.7 Å². The Hall–Kier alpha value is -1.82. The number of allylic oxidation sites excluding steroid dienone is 2. The fraction of sp³-hybridized carbons (Fsp3) is 0.542. The molecule has 0 bridgehead atoms. The molecule has 7 nitrogen and oxygen atoms in total. The topological polar surface area (TPSA) is 82.5 Å². The standard InChI is InChI=1S/C24H32F2N2O5S/c1-4-6-8-17(3)20(5-2)28-21-10-9-18(34(30,31)27-12-11-23(25,26)16-27)15-19(21)24(22(28)29)32-13-7-14-33-24/h4,8-10,15,20,30-31H,1,5-7,11-14,16H2,2-3H3. The first-order chi connectivity index (χ1) is 16.1. The van der Waals surface area contributed by atoms with Gasteiger partial charge in [0.1, 0.15) is 0 Å². The molecule has 0 aromatic heterocycles. The summed E-state index contributed by atoms with van der Waals surface area (Å²) in [6.07, 6.45) is 5.28. The molecule has 1 aromatic carbocycles. The largest absolute Gasteiger partial charge is 0.338 e. The molecule has 0 saturated carbocycles. The van der Waals surface area contributed by atoms with Gasteiger partial charge in [-0.05, 0) is 44.4 Å². The van der Waals surface area contributed by atoms with Gasteiger partial charge >= 0.3 is 0 Å². The second kappa shape index (κ2) is 9.33. The van der Waals surface area contributed by atoms with Crippen molar-refractivity contribution in [3.8, 4) is 0 Å². The Morgan fingerprint density at radius 1 is 1.32 bits per heavy atom. The molecule has 0 aliphatic carbocycles. The quantitative estimate of drug-likeness (QED) is 0.497. The van der Waals surface area contributed by atoms with E-state index in [2.05, 4.69) is 6.58 Å². The maximum absolute atomic E-state index is 13.8. The fourth-order valence-corrected chi connectivity index (χ4v) is 6.39. The highest BCUT2D eigenvalue weighted by molar-refractivity contribution is 8.22. The molecule has 0 radical (unpaired) electrons. The number of carbonyl (C=O) groups is 1. The van der Waals surface area contributed by atoms with E-state index in [1.165, 1.54) is 12.1 Å². The Bertz CT molecular complexity index is 994. The number of halogens is 2. The predicted molar refractivity (Wildman–Crippen MR) is 127 cm³/mol. The van der Waals surface area contributed by atoms with Gasteiger partial charge in [-0.2, -0.15) is 4.31 Å². The van der Waals surface area contributed by atoms with E-state index in [-0.39, 0.29) is 23.4 Å². The number of nitrogens with zero attached hydrogens (tertiary/aromatic N) is 2. The van der Waals surface area contributed by atoms with Crippen molar-refractivity contribution in [2.24, 2.45) is 0 Å². The molecule has 1 unspecified atom stereocenters. The summed E-state index contributed by atoms with van der Waals surface area (Å²) in [6, 6.07) is 4.33. The lowest BCUT2D eigenvalue weighted by Crippen LogP contribution is -2.50. The lowest BCUT2D eigenvalue weighted by atomic mass is 10.0. The van der Waals surface area contributed by atoms with E-state index < -0.39 is 35.5 Å². The molecular formula is C24H32F2N2O5S. The SMILES string of the molecule is C=CCC=C(C)C(CC)N1C(=O)C2(OCCCO2)c2cc(S(O)(O)N3CCC(F)(F)C3)ccc21. The fourth-order valence-electron chi connectivity index (χ4n) is 4.85. The number of anilines is 1. The van der Waals surface area contributed by atoms with Gasteiger partial charge in [-0.25, -0.2) is 8.78 Å². The second-order valence-electron chi connectivity index (χ2n) is 8.91. The van der Waals surface area contributed by atoms with Crippen molar-refractivity contribution in [2.75, 3.05) is 31.2 Å². The maximum Gasteiger partial charge on any atom is 0.293 e. The van der Waals surface area contributed by atoms with Crippen LogP contribution in [0.15, 0.2) is 47.4 Å². The summed E-state index contributed by atoms with van der Waals surface area (Å²) in [5.41, 5.74) is 1.91. The third kappa shape index (κ3) is 4.20. The Kier molecular flexibility index (Phi) is 6.93. The van der Waals surface area contributed by atoms with Crippen molar-refractivity contribution in [1.82, 2.24) is 4.31 Å². The molecule has 2 N–H and O–H groups in total. The predicted octanol–water partition coefficient (Wildman–Crippen LogP) is 5.29. The number of benzene rings is 1. The van der Waals surface area contributed by atoms with Crippen LogP contribution in [0.2, 0.25) is 0 Å². The minimum Gasteiger partial charge on any atom is -0.338 e. The minimum atomic E-state index is -3.69.